The van der Waals surface area contributed by atoms with Gasteiger partial charge in [0, 0.05) is 16.7 Å². The van der Waals surface area contributed by atoms with Crippen molar-refractivity contribution in [1.29, 1.82) is 0 Å². The minimum Gasteiger partial charge on any atom is -0.494 e. The fourth-order valence-electron chi connectivity index (χ4n) is 2.89. The number of carbonyl (C=O) groups is 2. The molecule has 7 heteroatoms. The molecule has 152 valence electrons. The monoisotopic (exact) mass is 421 g/mol. The molecule has 0 bridgehead atoms. The summed E-state index contributed by atoms with van der Waals surface area (Å²) in [5.74, 6) is -0.308. The van der Waals surface area contributed by atoms with Gasteiger partial charge in [0.15, 0.2) is 11.7 Å². The number of halogens is 1. The first kappa shape index (κ1) is 21.1. The van der Waals surface area contributed by atoms with E-state index in [1.165, 1.54) is 0 Å². The number of hydrogen-bond donors (Lipinski definition) is 2. The number of benzene rings is 3. The number of hydrogen-bond acceptors (Lipinski definition) is 3. The van der Waals surface area contributed by atoms with Crippen molar-refractivity contribution in [3.05, 3.63) is 88.4 Å². The Morgan fingerprint density at radius 3 is 2.10 bits per heavy atom. The molecule has 3 aromatic rings. The van der Waals surface area contributed by atoms with Crippen LogP contribution in [0.1, 0.15) is 33.2 Å². The molecule has 0 aromatic heterocycles. The number of ketones is 1. The van der Waals surface area contributed by atoms with Crippen LogP contribution in [0.5, 0.6) is 5.75 Å². The molecule has 0 unspecified atom stereocenters. The molecule has 0 atom stereocenters. The zero-order chi connectivity index (χ0) is 21.7. The Morgan fingerprint density at radius 1 is 0.900 bits per heavy atom. The molecule has 6 nitrogen and oxygen atoms in total. The second-order valence-electron chi connectivity index (χ2n) is 6.40. The van der Waals surface area contributed by atoms with Gasteiger partial charge in [-0.1, -0.05) is 29.8 Å². The molecular weight excluding hydrogens is 402 g/mol. The van der Waals surface area contributed by atoms with E-state index in [1.807, 2.05) is 13.0 Å². The van der Waals surface area contributed by atoms with Crippen LogP contribution < -0.4 is 16.2 Å². The van der Waals surface area contributed by atoms with Gasteiger partial charge in [0.25, 0.3) is 5.91 Å². The second-order valence-corrected chi connectivity index (χ2v) is 6.81. The lowest BCUT2D eigenvalue weighted by Crippen LogP contribution is -2.24. The normalized spacial score (nSPS) is 10.3. The van der Waals surface area contributed by atoms with Crippen LogP contribution in [-0.4, -0.2) is 24.3 Å². The number of rotatable bonds is 6. The van der Waals surface area contributed by atoms with E-state index in [2.05, 4.69) is 4.99 Å². The molecule has 0 fully saturated rings. The van der Waals surface area contributed by atoms with Crippen LogP contribution in [0.3, 0.4) is 0 Å². The van der Waals surface area contributed by atoms with E-state index in [1.54, 1.807) is 60.7 Å². The molecule has 4 N–H and O–H groups in total. The number of carbonyl (C=O) groups excluding carboxylic acids is 2. The van der Waals surface area contributed by atoms with E-state index in [4.69, 9.17) is 27.8 Å². The van der Waals surface area contributed by atoms with Crippen molar-refractivity contribution in [2.24, 2.45) is 16.5 Å². The number of aliphatic imine (C=N–C) groups is 1. The van der Waals surface area contributed by atoms with Crippen molar-refractivity contribution < 1.29 is 14.3 Å². The molecule has 0 heterocycles. The van der Waals surface area contributed by atoms with Crippen molar-refractivity contribution in [2.75, 3.05) is 6.61 Å². The summed E-state index contributed by atoms with van der Waals surface area (Å²) in [5.41, 5.74) is 13.3. The van der Waals surface area contributed by atoms with Gasteiger partial charge in [0.1, 0.15) is 5.75 Å². The lowest BCUT2D eigenvalue weighted by molar-refractivity contribution is 0.100. The lowest BCUT2D eigenvalue weighted by atomic mass is 9.97. The van der Waals surface area contributed by atoms with Crippen LogP contribution in [0.4, 0.5) is 0 Å². The summed E-state index contributed by atoms with van der Waals surface area (Å²) in [6, 6.07) is 18.9. The maximum atomic E-state index is 13.0. The quantitative estimate of drug-likeness (QED) is 0.354. The first-order valence-corrected chi connectivity index (χ1v) is 9.58. The average molecular weight is 422 g/mol. The molecule has 3 aromatic carbocycles. The van der Waals surface area contributed by atoms with Gasteiger partial charge >= 0.3 is 0 Å². The predicted molar refractivity (Wildman–Crippen MR) is 118 cm³/mol. The smallest absolute Gasteiger partial charge is 0.280 e. The van der Waals surface area contributed by atoms with Gasteiger partial charge in [-0.25, -0.2) is 0 Å². The van der Waals surface area contributed by atoms with Gasteiger partial charge in [-0.15, -0.1) is 0 Å². The van der Waals surface area contributed by atoms with Crippen LogP contribution >= 0.6 is 11.6 Å². The van der Waals surface area contributed by atoms with Gasteiger partial charge in [-0.05, 0) is 66.6 Å². The Bertz CT molecular complexity index is 1100. The number of nitrogens with zero attached hydrogens (tertiary/aromatic N) is 1. The highest BCUT2D eigenvalue weighted by molar-refractivity contribution is 6.35. The SMILES string of the molecule is CCOc1ccc(C(=O)c2cc(-c3ccc(C(=O)N=C(N)N)cc3)ccc2Cl)cc1. The summed E-state index contributed by atoms with van der Waals surface area (Å²) < 4.78 is 5.41. The molecule has 0 aliphatic heterocycles. The molecular formula is C23H20ClN3O3. The summed E-state index contributed by atoms with van der Waals surface area (Å²) in [6.07, 6.45) is 0. The Labute approximate surface area is 179 Å². The Balaban J connectivity index is 1.88. The van der Waals surface area contributed by atoms with E-state index >= 15 is 0 Å². The van der Waals surface area contributed by atoms with Crippen LogP contribution in [0.15, 0.2) is 71.7 Å². The van der Waals surface area contributed by atoms with E-state index in [9.17, 15) is 9.59 Å². The Kier molecular flexibility index (Phi) is 6.49. The number of ether oxygens (including phenoxy) is 1. The first-order valence-electron chi connectivity index (χ1n) is 9.20. The topological polar surface area (TPSA) is 108 Å². The molecule has 0 saturated heterocycles. The number of nitrogens with two attached hydrogens (primary N) is 2. The van der Waals surface area contributed by atoms with Crippen LogP contribution in [-0.2, 0) is 0 Å². The zero-order valence-corrected chi connectivity index (χ0v) is 17.0. The van der Waals surface area contributed by atoms with Crippen LogP contribution in [0, 0.1) is 0 Å². The highest BCUT2D eigenvalue weighted by Crippen LogP contribution is 2.28. The van der Waals surface area contributed by atoms with Crippen molar-refractivity contribution in [1.82, 2.24) is 0 Å². The molecule has 0 radical (unpaired) electrons. The van der Waals surface area contributed by atoms with E-state index in [0.29, 0.717) is 34.1 Å². The van der Waals surface area contributed by atoms with E-state index < -0.39 is 5.91 Å². The molecule has 0 aliphatic rings. The summed E-state index contributed by atoms with van der Waals surface area (Å²) in [4.78, 5) is 28.4. The van der Waals surface area contributed by atoms with Crippen LogP contribution in [0.2, 0.25) is 5.02 Å². The summed E-state index contributed by atoms with van der Waals surface area (Å²) in [5, 5.41) is 0.359. The zero-order valence-electron chi connectivity index (χ0n) is 16.3. The molecule has 3 rings (SSSR count). The maximum Gasteiger partial charge on any atom is 0.280 e. The molecule has 0 aliphatic carbocycles. The molecule has 0 spiro atoms. The standard InChI is InChI=1S/C23H20ClN3O3/c1-2-30-18-10-7-15(8-11-18)21(28)19-13-17(9-12-20(19)24)14-3-5-16(6-4-14)22(29)27-23(25)26/h3-13H,2H2,1H3,(H4,25,26,27,29). The summed E-state index contributed by atoms with van der Waals surface area (Å²) >= 11 is 6.30. The number of guanidine groups is 1. The molecule has 1 amide bonds. The van der Waals surface area contributed by atoms with Gasteiger partial charge in [0.05, 0.1) is 11.6 Å². The predicted octanol–water partition coefficient (Wildman–Crippen LogP) is 4.05. The first-order chi connectivity index (χ1) is 14.4. The summed E-state index contributed by atoms with van der Waals surface area (Å²) in [6.45, 7) is 2.45. The van der Waals surface area contributed by atoms with Gasteiger partial charge in [0.2, 0.25) is 0 Å². The third-order valence-electron chi connectivity index (χ3n) is 4.33. The Hall–Kier alpha value is -3.64. The molecule has 0 saturated carbocycles. The molecule has 30 heavy (non-hydrogen) atoms. The van der Waals surface area contributed by atoms with Gasteiger partial charge in [-0.3, -0.25) is 9.59 Å². The van der Waals surface area contributed by atoms with Crippen molar-refractivity contribution in [3.8, 4) is 16.9 Å². The van der Waals surface area contributed by atoms with Crippen molar-refractivity contribution in [3.63, 3.8) is 0 Å². The van der Waals surface area contributed by atoms with Crippen LogP contribution in [0.25, 0.3) is 11.1 Å². The van der Waals surface area contributed by atoms with Gasteiger partial charge in [-0.2, -0.15) is 4.99 Å². The maximum absolute atomic E-state index is 13.0. The Morgan fingerprint density at radius 2 is 1.50 bits per heavy atom. The highest BCUT2D eigenvalue weighted by Gasteiger charge is 2.15. The van der Waals surface area contributed by atoms with Crippen molar-refractivity contribution in [2.45, 2.75) is 6.92 Å². The fourth-order valence-corrected chi connectivity index (χ4v) is 3.09. The highest BCUT2D eigenvalue weighted by atomic mass is 35.5. The van der Waals surface area contributed by atoms with E-state index in [0.717, 1.165) is 11.1 Å². The second kappa shape index (κ2) is 9.24. The van der Waals surface area contributed by atoms with E-state index in [-0.39, 0.29) is 11.7 Å². The van der Waals surface area contributed by atoms with Gasteiger partial charge < -0.3 is 16.2 Å². The summed E-state index contributed by atoms with van der Waals surface area (Å²) in [7, 11) is 0. The largest absolute Gasteiger partial charge is 0.494 e. The lowest BCUT2D eigenvalue weighted by Gasteiger charge is -2.09. The number of amides is 1. The van der Waals surface area contributed by atoms with Crippen molar-refractivity contribution >= 4 is 29.3 Å². The third kappa shape index (κ3) is 4.85. The minimum atomic E-state index is -0.524. The minimum absolute atomic E-state index is 0.190. The fraction of sp³-hybridized carbons (Fsp3) is 0.0870. The average Bonchev–Trinajstić information content (AvgIpc) is 2.74. The third-order valence-corrected chi connectivity index (χ3v) is 4.66.